The Morgan fingerprint density at radius 3 is 2.16 bits per heavy atom. The molecule has 1 amide bonds. The van der Waals surface area contributed by atoms with Gasteiger partial charge in [-0.05, 0) is 42.0 Å². The average molecular weight is 336 g/mol. The second kappa shape index (κ2) is 6.19. The van der Waals surface area contributed by atoms with Crippen molar-refractivity contribution in [2.24, 2.45) is 5.73 Å². The van der Waals surface area contributed by atoms with Crippen LogP contribution >= 0.6 is 0 Å². The highest BCUT2D eigenvalue weighted by molar-refractivity contribution is 5.79. The molecule has 1 saturated heterocycles. The number of benzene rings is 2. The molecule has 1 aliphatic carbocycles. The minimum atomic E-state index is -0.225. The summed E-state index contributed by atoms with van der Waals surface area (Å²) in [7, 11) is 0. The zero-order valence-electron chi connectivity index (χ0n) is 14.6. The third-order valence-electron chi connectivity index (χ3n) is 5.50. The summed E-state index contributed by atoms with van der Waals surface area (Å²) in [6, 6.07) is 16.8. The molecule has 0 radical (unpaired) electrons. The van der Waals surface area contributed by atoms with E-state index in [0.29, 0.717) is 19.7 Å². The smallest absolute Gasteiger partial charge is 0.409 e. The Morgan fingerprint density at radius 2 is 1.60 bits per heavy atom. The number of piperidine rings is 1. The number of fused-ring (bicyclic) bond motifs is 3. The van der Waals surface area contributed by atoms with Gasteiger partial charge in [-0.1, -0.05) is 48.5 Å². The third kappa shape index (κ3) is 3.02. The van der Waals surface area contributed by atoms with Crippen molar-refractivity contribution in [2.45, 2.75) is 31.2 Å². The largest absolute Gasteiger partial charge is 0.448 e. The Labute approximate surface area is 148 Å². The van der Waals surface area contributed by atoms with Crippen molar-refractivity contribution in [1.29, 1.82) is 0 Å². The molecule has 130 valence electrons. The summed E-state index contributed by atoms with van der Waals surface area (Å²) in [5, 5.41) is 0. The number of carbonyl (C=O) groups excluding carboxylic acids is 1. The number of rotatable bonds is 2. The molecule has 1 heterocycles. The van der Waals surface area contributed by atoms with Gasteiger partial charge in [-0.2, -0.15) is 0 Å². The van der Waals surface area contributed by atoms with Gasteiger partial charge in [0, 0.05) is 24.5 Å². The Bertz CT molecular complexity index is 744. The van der Waals surface area contributed by atoms with E-state index in [1.54, 1.807) is 4.90 Å². The molecule has 0 aromatic heterocycles. The SMILES string of the molecule is CC1(N)CCN(C(=O)OCC2c3ccccc3-c3ccccc32)CC1. The minimum absolute atomic E-state index is 0.112. The Morgan fingerprint density at radius 1 is 1.08 bits per heavy atom. The number of nitrogens with two attached hydrogens (primary N) is 1. The summed E-state index contributed by atoms with van der Waals surface area (Å²) in [5.41, 5.74) is 10.9. The first-order chi connectivity index (χ1) is 12.1. The van der Waals surface area contributed by atoms with Gasteiger partial charge >= 0.3 is 6.09 Å². The van der Waals surface area contributed by atoms with Gasteiger partial charge in [0.2, 0.25) is 0 Å². The normalized spacial score (nSPS) is 18.6. The summed E-state index contributed by atoms with van der Waals surface area (Å²) >= 11 is 0. The second-order valence-corrected chi connectivity index (χ2v) is 7.45. The van der Waals surface area contributed by atoms with E-state index in [-0.39, 0.29) is 17.6 Å². The van der Waals surface area contributed by atoms with Crippen molar-refractivity contribution in [1.82, 2.24) is 4.90 Å². The Hall–Kier alpha value is -2.33. The van der Waals surface area contributed by atoms with Gasteiger partial charge in [-0.15, -0.1) is 0 Å². The summed E-state index contributed by atoms with van der Waals surface area (Å²) in [6.45, 7) is 3.76. The lowest BCUT2D eigenvalue weighted by molar-refractivity contribution is 0.0835. The Balaban J connectivity index is 1.47. The lowest BCUT2D eigenvalue weighted by Crippen LogP contribution is -2.50. The summed E-state index contributed by atoms with van der Waals surface area (Å²) in [5.74, 6) is 0.112. The first kappa shape index (κ1) is 16.2. The highest BCUT2D eigenvalue weighted by Gasteiger charge is 2.32. The topological polar surface area (TPSA) is 55.6 Å². The number of hydrogen-bond acceptors (Lipinski definition) is 3. The highest BCUT2D eigenvalue weighted by atomic mass is 16.6. The fraction of sp³-hybridized carbons (Fsp3) is 0.381. The summed E-state index contributed by atoms with van der Waals surface area (Å²) < 4.78 is 5.69. The van der Waals surface area contributed by atoms with Gasteiger partial charge in [0.05, 0.1) is 0 Å². The predicted octanol–water partition coefficient (Wildman–Crippen LogP) is 3.75. The fourth-order valence-corrected chi connectivity index (χ4v) is 3.89. The van der Waals surface area contributed by atoms with E-state index < -0.39 is 0 Å². The Kier molecular flexibility index (Phi) is 4.00. The molecular weight excluding hydrogens is 312 g/mol. The van der Waals surface area contributed by atoms with Crippen LogP contribution in [-0.2, 0) is 4.74 Å². The molecule has 4 heteroatoms. The van der Waals surface area contributed by atoms with E-state index in [4.69, 9.17) is 10.5 Å². The third-order valence-corrected chi connectivity index (χ3v) is 5.50. The first-order valence-electron chi connectivity index (χ1n) is 8.94. The minimum Gasteiger partial charge on any atom is -0.448 e. The van der Waals surface area contributed by atoms with Crippen LogP contribution < -0.4 is 5.73 Å². The molecule has 4 nitrogen and oxygen atoms in total. The van der Waals surface area contributed by atoms with Gasteiger partial charge in [0.15, 0.2) is 0 Å². The molecule has 0 saturated carbocycles. The predicted molar refractivity (Wildman–Crippen MR) is 98.5 cm³/mol. The number of ether oxygens (including phenoxy) is 1. The van der Waals surface area contributed by atoms with Crippen molar-refractivity contribution in [3.63, 3.8) is 0 Å². The van der Waals surface area contributed by atoms with Gasteiger partial charge in [0.25, 0.3) is 0 Å². The van der Waals surface area contributed by atoms with Gasteiger partial charge in [0.1, 0.15) is 6.61 Å². The average Bonchev–Trinajstić information content (AvgIpc) is 2.94. The van der Waals surface area contributed by atoms with Crippen LogP contribution in [-0.4, -0.2) is 36.2 Å². The standard InChI is InChI=1S/C21H24N2O2/c1-21(22)10-12-23(13-11-21)20(24)25-14-19-17-8-4-2-6-15(17)16-7-3-5-9-18(16)19/h2-9,19H,10-14,22H2,1H3. The molecule has 1 fully saturated rings. The zero-order chi connectivity index (χ0) is 17.4. The van der Waals surface area contributed by atoms with Crippen molar-refractivity contribution in [3.05, 3.63) is 59.7 Å². The van der Waals surface area contributed by atoms with Crippen LogP contribution in [0.1, 0.15) is 36.8 Å². The zero-order valence-corrected chi connectivity index (χ0v) is 14.6. The maximum absolute atomic E-state index is 12.5. The fourth-order valence-electron chi connectivity index (χ4n) is 3.89. The number of hydrogen-bond donors (Lipinski definition) is 1. The van der Waals surface area contributed by atoms with Crippen molar-refractivity contribution < 1.29 is 9.53 Å². The van der Waals surface area contributed by atoms with Crippen LogP contribution in [0.15, 0.2) is 48.5 Å². The molecule has 0 atom stereocenters. The highest BCUT2D eigenvalue weighted by Crippen LogP contribution is 2.44. The van der Waals surface area contributed by atoms with Crippen LogP contribution in [0.5, 0.6) is 0 Å². The molecule has 0 unspecified atom stereocenters. The van der Waals surface area contributed by atoms with Crippen molar-refractivity contribution >= 4 is 6.09 Å². The number of amides is 1. The molecule has 4 rings (SSSR count). The molecule has 25 heavy (non-hydrogen) atoms. The molecule has 1 aliphatic heterocycles. The van der Waals surface area contributed by atoms with Crippen LogP contribution in [0.4, 0.5) is 4.79 Å². The van der Waals surface area contributed by atoms with E-state index >= 15 is 0 Å². The van der Waals surface area contributed by atoms with Gasteiger partial charge in [-0.3, -0.25) is 0 Å². The maximum atomic E-state index is 12.5. The van der Waals surface area contributed by atoms with Crippen molar-refractivity contribution in [3.8, 4) is 11.1 Å². The van der Waals surface area contributed by atoms with E-state index in [0.717, 1.165) is 12.8 Å². The molecular formula is C21H24N2O2. The monoisotopic (exact) mass is 336 g/mol. The van der Waals surface area contributed by atoms with Crippen LogP contribution in [0, 0.1) is 0 Å². The maximum Gasteiger partial charge on any atom is 0.409 e. The lowest BCUT2D eigenvalue weighted by atomic mass is 9.91. The van der Waals surface area contributed by atoms with E-state index in [1.165, 1.54) is 22.3 Å². The molecule has 0 spiro atoms. The molecule has 2 aromatic rings. The quantitative estimate of drug-likeness (QED) is 0.909. The van der Waals surface area contributed by atoms with Crippen LogP contribution in [0.3, 0.4) is 0 Å². The van der Waals surface area contributed by atoms with E-state index in [2.05, 4.69) is 36.4 Å². The van der Waals surface area contributed by atoms with Crippen LogP contribution in [0.2, 0.25) is 0 Å². The van der Waals surface area contributed by atoms with E-state index in [9.17, 15) is 4.79 Å². The van der Waals surface area contributed by atoms with Gasteiger partial charge < -0.3 is 15.4 Å². The van der Waals surface area contributed by atoms with E-state index in [1.807, 2.05) is 19.1 Å². The molecule has 0 bridgehead atoms. The molecule has 2 N–H and O–H groups in total. The summed E-state index contributed by atoms with van der Waals surface area (Å²) in [6.07, 6.45) is 1.41. The number of nitrogens with zero attached hydrogens (tertiary/aromatic N) is 1. The number of likely N-dealkylation sites (tertiary alicyclic amines) is 1. The first-order valence-corrected chi connectivity index (χ1v) is 8.94. The number of carbonyl (C=O) groups is 1. The molecule has 2 aliphatic rings. The molecule has 2 aromatic carbocycles. The van der Waals surface area contributed by atoms with Gasteiger partial charge in [-0.25, -0.2) is 4.79 Å². The summed E-state index contributed by atoms with van der Waals surface area (Å²) in [4.78, 5) is 14.2. The second-order valence-electron chi connectivity index (χ2n) is 7.45. The lowest BCUT2D eigenvalue weighted by Gasteiger charge is -2.36. The van der Waals surface area contributed by atoms with Crippen LogP contribution in [0.25, 0.3) is 11.1 Å². The van der Waals surface area contributed by atoms with Crippen molar-refractivity contribution in [2.75, 3.05) is 19.7 Å².